The minimum Gasteiger partial charge on any atom is -0.327 e. The summed E-state index contributed by atoms with van der Waals surface area (Å²) in [5.74, 6) is 0. The minimum absolute atomic E-state index is 0.250. The van der Waals surface area contributed by atoms with Gasteiger partial charge in [0.15, 0.2) is 0 Å². The zero-order valence-electron chi connectivity index (χ0n) is 8.70. The number of rotatable bonds is 6. The van der Waals surface area contributed by atoms with Gasteiger partial charge < -0.3 is 5.73 Å². The second-order valence-corrected chi connectivity index (χ2v) is 4.51. The molecule has 0 saturated heterocycles. The fraction of sp³-hybridized carbons (Fsp3) is 0.545. The van der Waals surface area contributed by atoms with Gasteiger partial charge in [-0.1, -0.05) is 6.08 Å². The van der Waals surface area contributed by atoms with Crippen LogP contribution in [0.5, 0.6) is 0 Å². The van der Waals surface area contributed by atoms with Crippen LogP contribution in [0.1, 0.15) is 30.0 Å². The molecular formula is C11H18N2S. The summed E-state index contributed by atoms with van der Waals surface area (Å²) < 4.78 is 0. The second-order valence-electron chi connectivity index (χ2n) is 3.57. The predicted molar refractivity (Wildman–Crippen MR) is 62.6 cm³/mol. The summed E-state index contributed by atoms with van der Waals surface area (Å²) in [5, 5.41) is 3.24. The lowest BCUT2D eigenvalue weighted by Crippen LogP contribution is -2.22. The molecule has 0 aromatic carbocycles. The van der Waals surface area contributed by atoms with Gasteiger partial charge in [0.2, 0.25) is 0 Å². The van der Waals surface area contributed by atoms with Crippen LogP contribution in [0.15, 0.2) is 18.0 Å². The molecule has 1 atom stereocenters. The fourth-order valence-corrected chi connectivity index (χ4v) is 2.21. The first-order valence-corrected chi connectivity index (χ1v) is 5.88. The standard InChI is InChI=1S/C11H18N2S/c1-3-4-5-6-10(12)7-11-13-9(2)8-14-11/h3,8,10H,1,4-7,12H2,2H3. The molecule has 1 unspecified atom stereocenters. The van der Waals surface area contributed by atoms with E-state index in [0.717, 1.165) is 36.4 Å². The van der Waals surface area contributed by atoms with Gasteiger partial charge in [-0.3, -0.25) is 0 Å². The molecule has 2 N–H and O–H groups in total. The lowest BCUT2D eigenvalue weighted by Gasteiger charge is -2.07. The lowest BCUT2D eigenvalue weighted by molar-refractivity contribution is 0.583. The number of thiazole rings is 1. The number of aromatic nitrogens is 1. The molecule has 1 heterocycles. The molecule has 78 valence electrons. The molecule has 0 aliphatic carbocycles. The number of nitrogens with zero attached hydrogens (tertiary/aromatic N) is 1. The van der Waals surface area contributed by atoms with Gasteiger partial charge in [-0.2, -0.15) is 0 Å². The highest BCUT2D eigenvalue weighted by molar-refractivity contribution is 7.09. The zero-order chi connectivity index (χ0) is 10.4. The number of unbranched alkanes of at least 4 members (excludes halogenated alkanes) is 1. The summed E-state index contributed by atoms with van der Waals surface area (Å²) in [4.78, 5) is 4.40. The third-order valence-corrected chi connectivity index (χ3v) is 3.08. The smallest absolute Gasteiger partial charge is 0.0943 e. The van der Waals surface area contributed by atoms with Crippen molar-refractivity contribution < 1.29 is 0 Å². The van der Waals surface area contributed by atoms with E-state index in [4.69, 9.17) is 5.73 Å². The minimum atomic E-state index is 0.250. The number of hydrogen-bond donors (Lipinski definition) is 1. The highest BCUT2D eigenvalue weighted by Crippen LogP contribution is 2.12. The van der Waals surface area contributed by atoms with Crippen molar-refractivity contribution in [3.8, 4) is 0 Å². The van der Waals surface area contributed by atoms with E-state index in [0.29, 0.717) is 0 Å². The Hall–Kier alpha value is -0.670. The Morgan fingerprint density at radius 3 is 3.07 bits per heavy atom. The molecule has 0 fully saturated rings. The van der Waals surface area contributed by atoms with Crippen LogP contribution in [0, 0.1) is 6.92 Å². The van der Waals surface area contributed by atoms with E-state index >= 15 is 0 Å². The Bertz CT molecular complexity index is 281. The molecule has 0 aliphatic heterocycles. The molecule has 2 nitrogen and oxygen atoms in total. The quantitative estimate of drug-likeness (QED) is 0.579. The number of aryl methyl sites for hydroxylation is 1. The van der Waals surface area contributed by atoms with Crippen LogP contribution in [0.25, 0.3) is 0 Å². The first kappa shape index (κ1) is 11.4. The van der Waals surface area contributed by atoms with Crippen LogP contribution < -0.4 is 5.73 Å². The van der Waals surface area contributed by atoms with Crippen LogP contribution in [0.2, 0.25) is 0 Å². The van der Waals surface area contributed by atoms with Gasteiger partial charge in [-0.15, -0.1) is 17.9 Å². The maximum atomic E-state index is 5.99. The Morgan fingerprint density at radius 1 is 1.71 bits per heavy atom. The first-order valence-electron chi connectivity index (χ1n) is 5.00. The Labute approximate surface area is 89.9 Å². The Morgan fingerprint density at radius 2 is 2.50 bits per heavy atom. The molecule has 14 heavy (non-hydrogen) atoms. The van der Waals surface area contributed by atoms with Gasteiger partial charge >= 0.3 is 0 Å². The number of nitrogens with two attached hydrogens (primary N) is 1. The largest absolute Gasteiger partial charge is 0.327 e. The van der Waals surface area contributed by atoms with Crippen LogP contribution in [-0.4, -0.2) is 11.0 Å². The zero-order valence-corrected chi connectivity index (χ0v) is 9.52. The van der Waals surface area contributed by atoms with E-state index in [2.05, 4.69) is 16.9 Å². The molecule has 1 rings (SSSR count). The topological polar surface area (TPSA) is 38.9 Å². The lowest BCUT2D eigenvalue weighted by atomic mass is 10.1. The summed E-state index contributed by atoms with van der Waals surface area (Å²) in [6.45, 7) is 5.71. The van der Waals surface area contributed by atoms with Crippen molar-refractivity contribution in [2.24, 2.45) is 5.73 Å². The van der Waals surface area contributed by atoms with Gasteiger partial charge in [0.05, 0.1) is 5.01 Å². The van der Waals surface area contributed by atoms with Gasteiger partial charge in [0.25, 0.3) is 0 Å². The Kier molecular flexibility index (Phi) is 4.84. The van der Waals surface area contributed by atoms with E-state index in [1.165, 1.54) is 0 Å². The maximum Gasteiger partial charge on any atom is 0.0943 e. The van der Waals surface area contributed by atoms with E-state index in [1.54, 1.807) is 11.3 Å². The van der Waals surface area contributed by atoms with Crippen molar-refractivity contribution in [2.75, 3.05) is 0 Å². The molecule has 0 radical (unpaired) electrons. The van der Waals surface area contributed by atoms with Crippen molar-refractivity contribution in [3.63, 3.8) is 0 Å². The van der Waals surface area contributed by atoms with Gasteiger partial charge in [-0.05, 0) is 26.2 Å². The van der Waals surface area contributed by atoms with E-state index in [-0.39, 0.29) is 6.04 Å². The van der Waals surface area contributed by atoms with E-state index < -0.39 is 0 Å². The van der Waals surface area contributed by atoms with E-state index in [1.807, 2.05) is 13.0 Å². The third-order valence-electron chi connectivity index (χ3n) is 2.09. The molecule has 0 spiro atoms. The number of hydrogen-bond acceptors (Lipinski definition) is 3. The highest BCUT2D eigenvalue weighted by Gasteiger charge is 2.06. The predicted octanol–water partition coefficient (Wildman–Crippen LogP) is 2.68. The average Bonchev–Trinajstić information content (AvgIpc) is 2.52. The van der Waals surface area contributed by atoms with E-state index in [9.17, 15) is 0 Å². The van der Waals surface area contributed by atoms with Crippen molar-refractivity contribution >= 4 is 11.3 Å². The van der Waals surface area contributed by atoms with Crippen molar-refractivity contribution in [1.82, 2.24) is 4.98 Å². The number of allylic oxidation sites excluding steroid dienone is 1. The molecular weight excluding hydrogens is 192 g/mol. The van der Waals surface area contributed by atoms with Gasteiger partial charge in [-0.25, -0.2) is 4.98 Å². The average molecular weight is 210 g/mol. The van der Waals surface area contributed by atoms with Gasteiger partial charge in [0, 0.05) is 23.5 Å². The molecule has 0 aliphatic rings. The Balaban J connectivity index is 2.26. The SMILES string of the molecule is C=CCCCC(N)Cc1nc(C)cs1. The summed E-state index contributed by atoms with van der Waals surface area (Å²) >= 11 is 1.71. The monoisotopic (exact) mass is 210 g/mol. The summed E-state index contributed by atoms with van der Waals surface area (Å²) in [7, 11) is 0. The fourth-order valence-electron chi connectivity index (χ4n) is 1.35. The summed E-state index contributed by atoms with van der Waals surface area (Å²) in [6, 6.07) is 0.250. The van der Waals surface area contributed by atoms with Gasteiger partial charge in [0.1, 0.15) is 0 Å². The molecule has 1 aromatic heterocycles. The summed E-state index contributed by atoms with van der Waals surface area (Å²) in [6.07, 6.45) is 6.11. The van der Waals surface area contributed by atoms with Crippen molar-refractivity contribution in [1.29, 1.82) is 0 Å². The van der Waals surface area contributed by atoms with Crippen LogP contribution in [-0.2, 0) is 6.42 Å². The summed E-state index contributed by atoms with van der Waals surface area (Å²) in [5.41, 5.74) is 7.09. The maximum absolute atomic E-state index is 5.99. The first-order chi connectivity index (χ1) is 6.72. The van der Waals surface area contributed by atoms with Crippen molar-refractivity contribution in [3.05, 3.63) is 28.7 Å². The third kappa shape index (κ3) is 4.03. The van der Waals surface area contributed by atoms with Crippen LogP contribution >= 0.6 is 11.3 Å². The van der Waals surface area contributed by atoms with Crippen LogP contribution in [0.3, 0.4) is 0 Å². The highest BCUT2D eigenvalue weighted by atomic mass is 32.1. The molecule has 0 amide bonds. The molecule has 3 heteroatoms. The molecule has 1 aromatic rings. The molecule has 0 bridgehead atoms. The van der Waals surface area contributed by atoms with Crippen molar-refractivity contribution in [2.45, 2.75) is 38.6 Å². The second kappa shape index (κ2) is 5.94. The van der Waals surface area contributed by atoms with Crippen LogP contribution in [0.4, 0.5) is 0 Å². The normalized spacial score (nSPS) is 12.7. The molecule has 0 saturated carbocycles.